The van der Waals surface area contributed by atoms with E-state index in [0.717, 1.165) is 28.5 Å². The number of hydrogen-bond acceptors (Lipinski definition) is 3. The molecule has 2 bridgehead atoms. The molecule has 26 heavy (non-hydrogen) atoms. The molecule has 6 rings (SSSR count). The quantitative estimate of drug-likeness (QED) is 0.741. The standard InChI is InChI=1S/C23H18O3/c1-11-12(2)23(26)21-19-15-6-4-3-5-14(15)18(20(21)22(11)25)16-8-7-13(10-24)9-17(16)19/h3-10,18-21H,1-2H3. The molecule has 0 aliphatic heterocycles. The normalized spacial score (nSPS) is 28.5. The van der Waals surface area contributed by atoms with Gasteiger partial charge in [0.1, 0.15) is 6.29 Å². The van der Waals surface area contributed by atoms with Gasteiger partial charge >= 0.3 is 0 Å². The van der Waals surface area contributed by atoms with Gasteiger partial charge in [-0.15, -0.1) is 0 Å². The smallest absolute Gasteiger partial charge is 0.163 e. The first kappa shape index (κ1) is 15.4. The minimum atomic E-state index is -0.361. The van der Waals surface area contributed by atoms with Crippen LogP contribution in [-0.4, -0.2) is 17.9 Å². The lowest BCUT2D eigenvalue weighted by atomic mass is 9.50. The van der Waals surface area contributed by atoms with Crippen molar-refractivity contribution in [1.29, 1.82) is 0 Å². The van der Waals surface area contributed by atoms with Crippen LogP contribution in [0.2, 0.25) is 0 Å². The molecular formula is C23H18O3. The minimum absolute atomic E-state index is 0.0822. The van der Waals surface area contributed by atoms with Crippen molar-refractivity contribution in [3.8, 4) is 0 Å². The molecule has 0 amide bonds. The third-order valence-corrected chi connectivity index (χ3v) is 6.60. The molecule has 0 aromatic heterocycles. The molecule has 0 radical (unpaired) electrons. The third kappa shape index (κ3) is 1.70. The molecule has 0 saturated heterocycles. The van der Waals surface area contributed by atoms with E-state index in [1.54, 1.807) is 13.8 Å². The molecule has 0 fully saturated rings. The fourth-order valence-electron chi connectivity index (χ4n) is 5.32. The summed E-state index contributed by atoms with van der Waals surface area (Å²) in [6.07, 6.45) is 0.842. The predicted molar refractivity (Wildman–Crippen MR) is 97.3 cm³/mol. The average Bonchev–Trinajstić information content (AvgIpc) is 2.69. The number of carbonyl (C=O) groups excluding carboxylic acids is 3. The Morgan fingerprint density at radius 2 is 1.23 bits per heavy atom. The zero-order valence-corrected chi connectivity index (χ0v) is 14.7. The molecule has 0 heterocycles. The van der Waals surface area contributed by atoms with Crippen molar-refractivity contribution in [3.63, 3.8) is 0 Å². The maximum atomic E-state index is 13.2. The highest BCUT2D eigenvalue weighted by Crippen LogP contribution is 2.60. The van der Waals surface area contributed by atoms with Gasteiger partial charge in [0.05, 0.1) is 0 Å². The van der Waals surface area contributed by atoms with Crippen molar-refractivity contribution in [3.05, 3.63) is 81.4 Å². The zero-order chi connectivity index (χ0) is 18.2. The predicted octanol–water partition coefficient (Wildman–Crippen LogP) is 3.81. The summed E-state index contributed by atoms with van der Waals surface area (Å²) in [5, 5.41) is 0. The molecular weight excluding hydrogens is 324 g/mol. The number of carbonyl (C=O) groups is 3. The number of allylic oxidation sites excluding steroid dienone is 2. The van der Waals surface area contributed by atoms with Gasteiger partial charge in [-0.2, -0.15) is 0 Å². The van der Waals surface area contributed by atoms with Crippen LogP contribution in [0.5, 0.6) is 0 Å². The van der Waals surface area contributed by atoms with Crippen molar-refractivity contribution >= 4 is 17.9 Å². The number of aldehydes is 1. The lowest BCUT2D eigenvalue weighted by molar-refractivity contribution is -0.132. The van der Waals surface area contributed by atoms with Crippen LogP contribution < -0.4 is 0 Å². The number of benzene rings is 2. The second kappa shape index (κ2) is 5.10. The Balaban J connectivity index is 1.85. The second-order valence-electron chi connectivity index (χ2n) is 7.62. The van der Waals surface area contributed by atoms with E-state index < -0.39 is 0 Å². The van der Waals surface area contributed by atoms with Crippen molar-refractivity contribution in [2.75, 3.05) is 0 Å². The monoisotopic (exact) mass is 342 g/mol. The third-order valence-electron chi connectivity index (χ3n) is 6.60. The SMILES string of the molecule is CC1=C(C)C(=O)C2C3c4ccccc4C(c4ccc(C=O)cc43)C2C1=O. The summed E-state index contributed by atoms with van der Waals surface area (Å²) in [5.74, 6) is -0.784. The van der Waals surface area contributed by atoms with Crippen LogP contribution in [0, 0.1) is 11.8 Å². The maximum Gasteiger partial charge on any atom is 0.163 e. The van der Waals surface area contributed by atoms with Crippen LogP contribution in [0.25, 0.3) is 0 Å². The summed E-state index contributed by atoms with van der Waals surface area (Å²) < 4.78 is 0. The topological polar surface area (TPSA) is 51.2 Å². The minimum Gasteiger partial charge on any atom is -0.298 e. The van der Waals surface area contributed by atoms with Gasteiger partial charge < -0.3 is 0 Å². The lowest BCUT2D eigenvalue weighted by Crippen LogP contribution is -2.50. The van der Waals surface area contributed by atoms with Crippen LogP contribution in [0.1, 0.15) is 58.3 Å². The highest BCUT2D eigenvalue weighted by atomic mass is 16.1. The Morgan fingerprint density at radius 1 is 0.731 bits per heavy atom. The number of Topliss-reactive ketones (excluding diaryl/α,β-unsaturated/α-hetero) is 2. The van der Waals surface area contributed by atoms with Gasteiger partial charge in [0.2, 0.25) is 0 Å². The average molecular weight is 342 g/mol. The molecule has 4 unspecified atom stereocenters. The molecule has 4 atom stereocenters. The summed E-state index contributed by atoms with van der Waals surface area (Å²) in [4.78, 5) is 37.7. The highest BCUT2D eigenvalue weighted by molar-refractivity contribution is 6.15. The van der Waals surface area contributed by atoms with Crippen LogP contribution >= 0.6 is 0 Å². The van der Waals surface area contributed by atoms with Crippen molar-refractivity contribution in [2.45, 2.75) is 25.7 Å². The van der Waals surface area contributed by atoms with E-state index in [4.69, 9.17) is 0 Å². The van der Waals surface area contributed by atoms with Gasteiger partial charge in [-0.05, 0) is 53.3 Å². The van der Waals surface area contributed by atoms with Crippen molar-refractivity contribution < 1.29 is 14.4 Å². The molecule has 0 spiro atoms. The first-order chi connectivity index (χ1) is 12.5. The van der Waals surface area contributed by atoms with E-state index in [0.29, 0.717) is 16.7 Å². The van der Waals surface area contributed by atoms with Crippen LogP contribution in [0.15, 0.2) is 53.6 Å². The van der Waals surface area contributed by atoms with Crippen molar-refractivity contribution in [1.82, 2.24) is 0 Å². The summed E-state index contributed by atoms with van der Waals surface area (Å²) >= 11 is 0. The Kier molecular flexibility index (Phi) is 3.03. The summed E-state index contributed by atoms with van der Waals surface area (Å²) in [7, 11) is 0. The molecule has 4 aliphatic rings. The maximum absolute atomic E-state index is 13.2. The van der Waals surface area contributed by atoms with E-state index in [1.807, 2.05) is 30.3 Å². The Bertz CT molecular complexity index is 1040. The summed E-state index contributed by atoms with van der Waals surface area (Å²) in [6.45, 7) is 3.54. The fraction of sp³-hybridized carbons (Fsp3) is 0.261. The van der Waals surface area contributed by atoms with Gasteiger partial charge in [-0.25, -0.2) is 0 Å². The Labute approximate surface area is 151 Å². The zero-order valence-electron chi connectivity index (χ0n) is 14.7. The van der Waals surface area contributed by atoms with Gasteiger partial charge in [-0.3, -0.25) is 14.4 Å². The Hall–Kier alpha value is -2.81. The number of hydrogen-bond donors (Lipinski definition) is 0. The summed E-state index contributed by atoms with van der Waals surface area (Å²) in [5.41, 5.74) is 6.22. The first-order valence-electron chi connectivity index (χ1n) is 8.98. The van der Waals surface area contributed by atoms with Crippen LogP contribution in [-0.2, 0) is 9.59 Å². The second-order valence-corrected chi connectivity index (χ2v) is 7.62. The molecule has 3 nitrogen and oxygen atoms in total. The first-order valence-corrected chi connectivity index (χ1v) is 8.98. The van der Waals surface area contributed by atoms with E-state index in [-0.39, 0.29) is 35.2 Å². The largest absolute Gasteiger partial charge is 0.298 e. The van der Waals surface area contributed by atoms with E-state index >= 15 is 0 Å². The molecule has 0 saturated carbocycles. The highest BCUT2D eigenvalue weighted by Gasteiger charge is 2.57. The van der Waals surface area contributed by atoms with E-state index in [2.05, 4.69) is 12.1 Å². The van der Waals surface area contributed by atoms with Crippen molar-refractivity contribution in [2.24, 2.45) is 11.8 Å². The molecule has 2 aromatic carbocycles. The molecule has 3 heteroatoms. The van der Waals surface area contributed by atoms with Gasteiger partial charge in [0.25, 0.3) is 0 Å². The van der Waals surface area contributed by atoms with Gasteiger partial charge in [0.15, 0.2) is 11.6 Å². The molecule has 0 N–H and O–H groups in total. The molecule has 2 aromatic rings. The lowest BCUT2D eigenvalue weighted by Gasteiger charge is -2.51. The fourth-order valence-corrected chi connectivity index (χ4v) is 5.32. The van der Waals surface area contributed by atoms with E-state index in [9.17, 15) is 14.4 Å². The van der Waals surface area contributed by atoms with Crippen LogP contribution in [0.3, 0.4) is 0 Å². The Morgan fingerprint density at radius 3 is 1.77 bits per heavy atom. The molecule has 128 valence electrons. The summed E-state index contributed by atoms with van der Waals surface area (Å²) in [6, 6.07) is 13.8. The number of rotatable bonds is 1. The van der Waals surface area contributed by atoms with Gasteiger partial charge in [0, 0.05) is 29.2 Å². The van der Waals surface area contributed by atoms with E-state index in [1.165, 1.54) is 0 Å². The van der Waals surface area contributed by atoms with Gasteiger partial charge in [-0.1, -0.05) is 36.4 Å². The van der Waals surface area contributed by atoms with Crippen LogP contribution in [0.4, 0.5) is 0 Å². The molecule has 4 aliphatic carbocycles. The number of ketones is 2.